The number of rotatable bonds is 11. The molecule has 0 spiro atoms. The van der Waals surface area contributed by atoms with E-state index in [0.717, 1.165) is 0 Å². The second-order valence-corrected chi connectivity index (χ2v) is 4.72. The minimum atomic E-state index is -1.29. The van der Waals surface area contributed by atoms with Gasteiger partial charge in [-0.1, -0.05) is 0 Å². The van der Waals surface area contributed by atoms with Gasteiger partial charge in [0.2, 0.25) is 17.7 Å². The molecule has 0 heterocycles. The Labute approximate surface area is 131 Å². The molecule has 0 aromatic rings. The standard InChI is InChI=1S/C12H20N4O7/c13-6(1-3-8(14)17)11(22)16-7(2-4-9(18)19)12(23)15-5-10(20)21/h6-7H,1-5,13H2,(H2,14,17)(H,15,23)(H,16,22)(H,18,19)(H,20,21)/t6-,7-/m0/s1. The number of hydrogen-bond donors (Lipinski definition) is 6. The maximum absolute atomic E-state index is 11.8. The van der Waals surface area contributed by atoms with Gasteiger partial charge in [-0.05, 0) is 12.8 Å². The van der Waals surface area contributed by atoms with Gasteiger partial charge in [0.15, 0.2) is 0 Å². The van der Waals surface area contributed by atoms with Gasteiger partial charge < -0.3 is 32.3 Å². The highest BCUT2D eigenvalue weighted by molar-refractivity contribution is 5.91. The minimum Gasteiger partial charge on any atom is -0.481 e. The lowest BCUT2D eigenvalue weighted by Gasteiger charge is -2.19. The monoisotopic (exact) mass is 332 g/mol. The first-order chi connectivity index (χ1) is 10.6. The summed E-state index contributed by atoms with van der Waals surface area (Å²) >= 11 is 0. The van der Waals surface area contributed by atoms with Gasteiger partial charge in [-0.15, -0.1) is 0 Å². The first kappa shape index (κ1) is 20.3. The minimum absolute atomic E-state index is 0.0381. The van der Waals surface area contributed by atoms with E-state index in [0.29, 0.717) is 0 Å². The van der Waals surface area contributed by atoms with E-state index < -0.39 is 54.7 Å². The molecule has 0 aromatic carbocycles. The molecular formula is C12H20N4O7. The van der Waals surface area contributed by atoms with E-state index >= 15 is 0 Å². The SMILES string of the molecule is NC(=O)CC[C@H](N)C(=O)N[C@@H](CCC(=O)O)C(=O)NCC(=O)O. The fourth-order valence-electron chi connectivity index (χ4n) is 1.53. The first-order valence-corrected chi connectivity index (χ1v) is 6.69. The molecule has 0 unspecified atom stereocenters. The van der Waals surface area contributed by atoms with Crippen molar-refractivity contribution in [3.8, 4) is 0 Å². The van der Waals surface area contributed by atoms with Gasteiger partial charge in [0, 0.05) is 12.8 Å². The molecule has 0 rings (SSSR count). The number of carboxylic acids is 2. The number of hydrogen-bond acceptors (Lipinski definition) is 6. The van der Waals surface area contributed by atoms with Crippen LogP contribution in [-0.4, -0.2) is 58.5 Å². The van der Waals surface area contributed by atoms with E-state index in [1.54, 1.807) is 0 Å². The summed E-state index contributed by atoms with van der Waals surface area (Å²) in [5.41, 5.74) is 10.5. The topological polar surface area (TPSA) is 202 Å². The third-order valence-electron chi connectivity index (χ3n) is 2.73. The largest absolute Gasteiger partial charge is 0.481 e. The Morgan fingerprint density at radius 3 is 2.00 bits per heavy atom. The summed E-state index contributed by atoms with van der Waals surface area (Å²) in [6, 6.07) is -2.36. The molecule has 2 atom stereocenters. The number of nitrogens with two attached hydrogens (primary N) is 2. The molecule has 23 heavy (non-hydrogen) atoms. The van der Waals surface area contributed by atoms with Crippen LogP contribution in [-0.2, 0) is 24.0 Å². The maximum Gasteiger partial charge on any atom is 0.322 e. The molecule has 0 radical (unpaired) electrons. The normalized spacial score (nSPS) is 12.7. The molecule has 11 heteroatoms. The van der Waals surface area contributed by atoms with Crippen LogP contribution in [0.4, 0.5) is 0 Å². The van der Waals surface area contributed by atoms with Crippen LogP contribution >= 0.6 is 0 Å². The lowest BCUT2D eigenvalue weighted by molar-refractivity contribution is -0.140. The van der Waals surface area contributed by atoms with Gasteiger partial charge in [-0.2, -0.15) is 0 Å². The van der Waals surface area contributed by atoms with Gasteiger partial charge in [-0.25, -0.2) is 0 Å². The summed E-state index contributed by atoms with van der Waals surface area (Å²) in [5, 5.41) is 21.4. The molecule has 0 saturated carbocycles. The Morgan fingerprint density at radius 1 is 0.913 bits per heavy atom. The highest BCUT2D eigenvalue weighted by atomic mass is 16.4. The van der Waals surface area contributed by atoms with Crippen molar-refractivity contribution in [2.24, 2.45) is 11.5 Å². The van der Waals surface area contributed by atoms with Crippen LogP contribution in [0.15, 0.2) is 0 Å². The van der Waals surface area contributed by atoms with Crippen molar-refractivity contribution in [1.82, 2.24) is 10.6 Å². The zero-order valence-corrected chi connectivity index (χ0v) is 12.3. The molecule has 0 saturated heterocycles. The van der Waals surface area contributed by atoms with E-state index in [-0.39, 0.29) is 19.3 Å². The van der Waals surface area contributed by atoms with Crippen LogP contribution < -0.4 is 22.1 Å². The molecule has 0 aromatic heterocycles. The number of carboxylic acid groups (broad SMARTS) is 2. The molecular weight excluding hydrogens is 312 g/mol. The van der Waals surface area contributed by atoms with Crippen molar-refractivity contribution in [2.75, 3.05) is 6.54 Å². The van der Waals surface area contributed by atoms with Gasteiger partial charge in [0.1, 0.15) is 12.6 Å². The van der Waals surface area contributed by atoms with E-state index in [9.17, 15) is 24.0 Å². The van der Waals surface area contributed by atoms with Crippen molar-refractivity contribution >= 4 is 29.7 Å². The smallest absolute Gasteiger partial charge is 0.322 e. The van der Waals surface area contributed by atoms with Crippen LogP contribution in [0, 0.1) is 0 Å². The van der Waals surface area contributed by atoms with E-state index in [1.165, 1.54) is 0 Å². The van der Waals surface area contributed by atoms with Crippen molar-refractivity contribution in [3.63, 3.8) is 0 Å². The molecule has 11 nitrogen and oxygen atoms in total. The summed E-state index contributed by atoms with van der Waals surface area (Å²) in [6.45, 7) is -0.675. The van der Waals surface area contributed by atoms with Gasteiger partial charge in [0.05, 0.1) is 6.04 Å². The van der Waals surface area contributed by atoms with Crippen molar-refractivity contribution in [3.05, 3.63) is 0 Å². The van der Waals surface area contributed by atoms with Crippen molar-refractivity contribution < 1.29 is 34.2 Å². The molecule has 0 aliphatic heterocycles. The number of carbonyl (C=O) groups excluding carboxylic acids is 3. The average Bonchev–Trinajstić information content (AvgIpc) is 2.45. The summed E-state index contributed by atoms with van der Waals surface area (Å²) < 4.78 is 0. The van der Waals surface area contributed by atoms with E-state index in [4.69, 9.17) is 21.7 Å². The Bertz CT molecular complexity index is 480. The second-order valence-electron chi connectivity index (χ2n) is 4.72. The molecule has 0 bridgehead atoms. The number of aliphatic carboxylic acids is 2. The lowest BCUT2D eigenvalue weighted by Crippen LogP contribution is -2.52. The zero-order chi connectivity index (χ0) is 18.0. The van der Waals surface area contributed by atoms with E-state index in [1.807, 2.05) is 5.32 Å². The fraction of sp³-hybridized carbons (Fsp3) is 0.583. The summed E-state index contributed by atoms with van der Waals surface area (Å²) in [5.74, 6) is -4.74. The zero-order valence-electron chi connectivity index (χ0n) is 12.3. The van der Waals surface area contributed by atoms with Crippen LogP contribution in [0.3, 0.4) is 0 Å². The number of amides is 3. The predicted molar refractivity (Wildman–Crippen MR) is 75.8 cm³/mol. The van der Waals surface area contributed by atoms with E-state index in [2.05, 4.69) is 5.32 Å². The fourth-order valence-corrected chi connectivity index (χ4v) is 1.53. The third kappa shape index (κ3) is 9.79. The first-order valence-electron chi connectivity index (χ1n) is 6.69. The maximum atomic E-state index is 11.8. The summed E-state index contributed by atoms with van der Waals surface area (Å²) in [6.07, 6.45) is -0.819. The highest BCUT2D eigenvalue weighted by Gasteiger charge is 2.24. The quantitative estimate of drug-likeness (QED) is 0.231. The highest BCUT2D eigenvalue weighted by Crippen LogP contribution is 2.01. The number of nitrogens with one attached hydrogen (secondary N) is 2. The molecule has 8 N–H and O–H groups in total. The Balaban J connectivity index is 4.68. The van der Waals surface area contributed by atoms with Gasteiger partial charge >= 0.3 is 11.9 Å². The number of carbonyl (C=O) groups is 5. The Hall–Kier alpha value is -2.69. The lowest BCUT2D eigenvalue weighted by atomic mass is 10.1. The van der Waals surface area contributed by atoms with Crippen LogP contribution in [0.25, 0.3) is 0 Å². The third-order valence-corrected chi connectivity index (χ3v) is 2.73. The van der Waals surface area contributed by atoms with Crippen LogP contribution in [0.1, 0.15) is 25.7 Å². The molecule has 0 aliphatic rings. The Morgan fingerprint density at radius 2 is 1.52 bits per heavy atom. The summed E-state index contributed by atoms with van der Waals surface area (Å²) in [4.78, 5) is 55.2. The number of primary amides is 1. The van der Waals surface area contributed by atoms with Crippen molar-refractivity contribution in [2.45, 2.75) is 37.8 Å². The van der Waals surface area contributed by atoms with Gasteiger partial charge in [-0.3, -0.25) is 24.0 Å². The average molecular weight is 332 g/mol. The summed E-state index contributed by atoms with van der Waals surface area (Å²) in [7, 11) is 0. The van der Waals surface area contributed by atoms with Crippen LogP contribution in [0.5, 0.6) is 0 Å². The van der Waals surface area contributed by atoms with Crippen LogP contribution in [0.2, 0.25) is 0 Å². The molecule has 130 valence electrons. The Kier molecular flexibility index (Phi) is 8.92. The molecule has 3 amide bonds. The van der Waals surface area contributed by atoms with Gasteiger partial charge in [0.25, 0.3) is 0 Å². The predicted octanol–water partition coefficient (Wildman–Crippen LogP) is -2.87. The second kappa shape index (κ2) is 10.1. The van der Waals surface area contributed by atoms with Crippen molar-refractivity contribution in [1.29, 1.82) is 0 Å². The molecule has 0 aliphatic carbocycles. The molecule has 0 fully saturated rings.